The van der Waals surface area contributed by atoms with Crippen molar-refractivity contribution in [2.24, 2.45) is 0 Å². The molecule has 2 atom stereocenters. The van der Waals surface area contributed by atoms with Crippen LogP contribution in [0.4, 0.5) is 0 Å². The lowest BCUT2D eigenvalue weighted by Crippen LogP contribution is -2.38. The summed E-state index contributed by atoms with van der Waals surface area (Å²) < 4.78 is 0. The Bertz CT molecular complexity index is 414. The predicted octanol–water partition coefficient (Wildman–Crippen LogP) is 3.44. The monoisotopic (exact) mass is 260 g/mol. The van der Waals surface area contributed by atoms with Gasteiger partial charge in [0.2, 0.25) is 0 Å². The molecule has 1 aliphatic rings. The number of rotatable bonds is 5. The van der Waals surface area contributed by atoms with Crippen molar-refractivity contribution < 1.29 is 0 Å². The van der Waals surface area contributed by atoms with Crippen LogP contribution in [0.5, 0.6) is 0 Å². The van der Waals surface area contributed by atoms with Gasteiger partial charge in [-0.2, -0.15) is 0 Å². The average Bonchev–Trinajstić information content (AvgIpc) is 2.83. The van der Waals surface area contributed by atoms with E-state index in [0.717, 1.165) is 12.6 Å². The van der Waals surface area contributed by atoms with Crippen LogP contribution in [-0.4, -0.2) is 30.6 Å². The number of hydrogen-bond acceptors (Lipinski definition) is 2. The van der Waals surface area contributed by atoms with E-state index in [9.17, 15) is 0 Å². The van der Waals surface area contributed by atoms with Gasteiger partial charge in [0.15, 0.2) is 0 Å². The summed E-state index contributed by atoms with van der Waals surface area (Å²) in [6, 6.07) is 7.95. The van der Waals surface area contributed by atoms with Gasteiger partial charge in [-0.15, -0.1) is 0 Å². The Balaban J connectivity index is 1.92. The molecule has 0 radical (unpaired) electrons. The van der Waals surface area contributed by atoms with Gasteiger partial charge in [-0.3, -0.25) is 4.90 Å². The molecule has 0 spiro atoms. The second kappa shape index (κ2) is 6.53. The molecule has 1 aromatic rings. The maximum Gasteiger partial charge on any atom is 0.0295 e. The van der Waals surface area contributed by atoms with Crippen LogP contribution in [0.3, 0.4) is 0 Å². The molecule has 0 amide bonds. The van der Waals surface area contributed by atoms with Gasteiger partial charge in [0.05, 0.1) is 0 Å². The topological polar surface area (TPSA) is 15.3 Å². The summed E-state index contributed by atoms with van der Waals surface area (Å²) in [4.78, 5) is 2.60. The van der Waals surface area contributed by atoms with Crippen molar-refractivity contribution in [3.05, 3.63) is 34.9 Å². The van der Waals surface area contributed by atoms with Crippen LogP contribution in [0.15, 0.2) is 18.2 Å². The minimum absolute atomic E-state index is 0.444. The van der Waals surface area contributed by atoms with Gasteiger partial charge in [0.1, 0.15) is 0 Å². The Morgan fingerprint density at radius 1 is 1.37 bits per heavy atom. The van der Waals surface area contributed by atoms with E-state index in [1.807, 2.05) is 0 Å². The Morgan fingerprint density at radius 2 is 2.16 bits per heavy atom. The molecule has 0 bridgehead atoms. The highest BCUT2D eigenvalue weighted by Gasteiger charge is 2.23. The van der Waals surface area contributed by atoms with Gasteiger partial charge in [-0.05, 0) is 57.8 Å². The third-order valence-corrected chi connectivity index (χ3v) is 4.46. The maximum atomic E-state index is 3.72. The normalized spacial score (nSPS) is 21.8. The van der Waals surface area contributed by atoms with Gasteiger partial charge in [-0.25, -0.2) is 0 Å². The third kappa shape index (κ3) is 3.58. The average molecular weight is 260 g/mol. The second-order valence-corrected chi connectivity index (χ2v) is 5.91. The first kappa shape index (κ1) is 14.5. The van der Waals surface area contributed by atoms with Crippen LogP contribution in [0.25, 0.3) is 0 Å². The van der Waals surface area contributed by atoms with E-state index in [2.05, 4.69) is 56.1 Å². The van der Waals surface area contributed by atoms with E-state index in [-0.39, 0.29) is 0 Å². The first-order chi connectivity index (χ1) is 9.11. The molecule has 2 nitrogen and oxygen atoms in total. The molecule has 1 N–H and O–H groups in total. The Labute approximate surface area is 118 Å². The predicted molar refractivity (Wildman–Crippen MR) is 82.6 cm³/mol. The van der Waals surface area contributed by atoms with E-state index in [1.54, 1.807) is 0 Å². The lowest BCUT2D eigenvalue weighted by molar-refractivity contribution is 0.255. The molecular formula is C17H28N2. The first-order valence-corrected chi connectivity index (χ1v) is 7.66. The van der Waals surface area contributed by atoms with Crippen molar-refractivity contribution in [1.82, 2.24) is 10.2 Å². The van der Waals surface area contributed by atoms with Gasteiger partial charge in [-0.1, -0.05) is 30.7 Å². The smallest absolute Gasteiger partial charge is 0.0295 e. The van der Waals surface area contributed by atoms with E-state index in [4.69, 9.17) is 0 Å². The Hall–Kier alpha value is -0.860. The van der Waals surface area contributed by atoms with Crippen LogP contribution >= 0.6 is 0 Å². The fourth-order valence-corrected chi connectivity index (χ4v) is 3.28. The van der Waals surface area contributed by atoms with Crippen LogP contribution in [0.1, 0.15) is 49.4 Å². The van der Waals surface area contributed by atoms with Crippen LogP contribution in [-0.2, 0) is 0 Å². The highest BCUT2D eigenvalue weighted by Crippen LogP contribution is 2.20. The molecule has 106 valence electrons. The highest BCUT2D eigenvalue weighted by molar-refractivity contribution is 5.32. The van der Waals surface area contributed by atoms with E-state index in [1.165, 1.54) is 42.6 Å². The molecule has 1 aromatic carbocycles. The van der Waals surface area contributed by atoms with E-state index in [0.29, 0.717) is 6.04 Å². The third-order valence-electron chi connectivity index (χ3n) is 4.46. The summed E-state index contributed by atoms with van der Waals surface area (Å²) in [7, 11) is 0. The summed E-state index contributed by atoms with van der Waals surface area (Å²) in [6.07, 6.45) is 2.71. The van der Waals surface area contributed by atoms with Crippen LogP contribution < -0.4 is 5.32 Å². The van der Waals surface area contributed by atoms with Crippen molar-refractivity contribution in [1.29, 1.82) is 0 Å². The first-order valence-electron chi connectivity index (χ1n) is 7.66. The molecule has 2 heteroatoms. The van der Waals surface area contributed by atoms with Crippen molar-refractivity contribution in [2.75, 3.05) is 19.6 Å². The number of aryl methyl sites for hydroxylation is 2. The SMILES string of the molecule is CCN1CCCC1CNC(C)c1ccc(C)cc1C. The quantitative estimate of drug-likeness (QED) is 0.872. The largest absolute Gasteiger partial charge is 0.309 e. The maximum absolute atomic E-state index is 3.72. The molecule has 1 heterocycles. The molecular weight excluding hydrogens is 232 g/mol. The molecule has 1 saturated heterocycles. The highest BCUT2D eigenvalue weighted by atomic mass is 15.2. The number of nitrogens with one attached hydrogen (secondary N) is 1. The van der Waals surface area contributed by atoms with Crippen molar-refractivity contribution in [2.45, 2.75) is 52.6 Å². The zero-order valence-electron chi connectivity index (χ0n) is 12.9. The lowest BCUT2D eigenvalue weighted by Gasteiger charge is -2.25. The zero-order chi connectivity index (χ0) is 13.8. The Kier molecular flexibility index (Phi) is 5.00. The number of nitrogens with zero attached hydrogens (tertiary/aromatic N) is 1. The van der Waals surface area contributed by atoms with Crippen LogP contribution in [0.2, 0.25) is 0 Å². The number of likely N-dealkylation sites (tertiary alicyclic amines) is 1. The molecule has 0 aliphatic carbocycles. The molecule has 2 unspecified atom stereocenters. The molecule has 1 fully saturated rings. The molecule has 19 heavy (non-hydrogen) atoms. The second-order valence-electron chi connectivity index (χ2n) is 5.91. The lowest BCUT2D eigenvalue weighted by atomic mass is 10.00. The fourth-order valence-electron chi connectivity index (χ4n) is 3.28. The molecule has 2 rings (SSSR count). The van der Waals surface area contributed by atoms with Crippen LogP contribution in [0, 0.1) is 13.8 Å². The fraction of sp³-hybridized carbons (Fsp3) is 0.647. The molecule has 1 aliphatic heterocycles. The summed E-state index contributed by atoms with van der Waals surface area (Å²) in [5, 5.41) is 3.72. The minimum Gasteiger partial charge on any atom is -0.309 e. The summed E-state index contributed by atoms with van der Waals surface area (Å²) in [5.74, 6) is 0. The number of benzene rings is 1. The van der Waals surface area contributed by atoms with Gasteiger partial charge in [0, 0.05) is 18.6 Å². The molecule has 0 aromatic heterocycles. The Morgan fingerprint density at radius 3 is 2.84 bits per heavy atom. The zero-order valence-corrected chi connectivity index (χ0v) is 12.9. The van der Waals surface area contributed by atoms with Crippen molar-refractivity contribution in [3.8, 4) is 0 Å². The number of hydrogen-bond donors (Lipinski definition) is 1. The van der Waals surface area contributed by atoms with Gasteiger partial charge >= 0.3 is 0 Å². The summed E-state index contributed by atoms with van der Waals surface area (Å²) in [6.45, 7) is 12.5. The molecule has 0 saturated carbocycles. The summed E-state index contributed by atoms with van der Waals surface area (Å²) in [5.41, 5.74) is 4.19. The van der Waals surface area contributed by atoms with Crippen molar-refractivity contribution in [3.63, 3.8) is 0 Å². The van der Waals surface area contributed by atoms with E-state index < -0.39 is 0 Å². The number of likely N-dealkylation sites (N-methyl/N-ethyl adjacent to an activating group) is 1. The minimum atomic E-state index is 0.444. The summed E-state index contributed by atoms with van der Waals surface area (Å²) >= 11 is 0. The van der Waals surface area contributed by atoms with E-state index >= 15 is 0 Å². The van der Waals surface area contributed by atoms with Gasteiger partial charge < -0.3 is 5.32 Å². The standard InChI is InChI=1S/C17H28N2/c1-5-19-10-6-7-16(19)12-18-15(4)17-9-8-13(2)11-14(17)3/h8-9,11,15-16,18H,5-7,10,12H2,1-4H3. The van der Waals surface area contributed by atoms with Crippen molar-refractivity contribution >= 4 is 0 Å². The van der Waals surface area contributed by atoms with Gasteiger partial charge in [0.25, 0.3) is 0 Å².